The van der Waals surface area contributed by atoms with Crippen molar-refractivity contribution in [3.8, 4) is 0 Å². The summed E-state index contributed by atoms with van der Waals surface area (Å²) in [6.45, 7) is 1.69. The maximum Gasteiger partial charge on any atom is 0.265 e. The Bertz CT molecular complexity index is 554. The van der Waals surface area contributed by atoms with Gasteiger partial charge in [-0.1, -0.05) is 11.3 Å². The number of thiazole rings is 1. The highest BCUT2D eigenvalue weighted by atomic mass is 32.1. The van der Waals surface area contributed by atoms with E-state index in [1.807, 2.05) is 16.8 Å². The Hall–Kier alpha value is -1.64. The molecule has 2 rings (SSSR count). The van der Waals surface area contributed by atoms with Gasteiger partial charge in [-0.25, -0.2) is 4.98 Å². The van der Waals surface area contributed by atoms with Crippen LogP contribution >= 0.6 is 22.7 Å². The number of nitrogens with two attached hydrogens (primary N) is 1. The smallest absolute Gasteiger partial charge is 0.265 e. The van der Waals surface area contributed by atoms with E-state index >= 15 is 0 Å². The van der Waals surface area contributed by atoms with E-state index in [1.54, 1.807) is 18.4 Å². The van der Waals surface area contributed by atoms with Crippen LogP contribution < -0.4 is 16.4 Å². The summed E-state index contributed by atoms with van der Waals surface area (Å²) in [7, 11) is 1.63. The molecule has 8 heteroatoms. The molecular weight excluding hydrogens is 296 g/mol. The zero-order valence-electron chi connectivity index (χ0n) is 11.0. The van der Waals surface area contributed by atoms with Crippen LogP contribution in [-0.4, -0.2) is 31.2 Å². The minimum absolute atomic E-state index is 0.203. The van der Waals surface area contributed by atoms with E-state index in [-0.39, 0.29) is 11.7 Å². The summed E-state index contributed by atoms with van der Waals surface area (Å²) in [4.78, 5) is 16.6. The molecule has 0 radical (unpaired) electrons. The molecule has 2 aromatic rings. The molecule has 0 aromatic carbocycles. The first-order valence-electron chi connectivity index (χ1n) is 5.99. The first-order valence-corrected chi connectivity index (χ1v) is 7.75. The fourth-order valence-electron chi connectivity index (χ4n) is 1.49. The number of hydrogen-bond donors (Lipinski definition) is 3. The van der Waals surface area contributed by atoms with Gasteiger partial charge in [0.05, 0.1) is 6.61 Å². The maximum atomic E-state index is 12.0. The van der Waals surface area contributed by atoms with Gasteiger partial charge < -0.3 is 21.1 Å². The minimum atomic E-state index is -0.203. The summed E-state index contributed by atoms with van der Waals surface area (Å²) in [5.74, 6) is 0.0451. The third-order valence-corrected chi connectivity index (χ3v) is 4.23. The number of amides is 1. The lowest BCUT2D eigenvalue weighted by Crippen LogP contribution is -2.22. The number of thiophene rings is 1. The van der Waals surface area contributed by atoms with E-state index in [0.717, 1.165) is 5.56 Å². The minimum Gasteiger partial charge on any atom is -0.383 e. The van der Waals surface area contributed by atoms with Crippen LogP contribution in [0.1, 0.15) is 15.2 Å². The van der Waals surface area contributed by atoms with Crippen molar-refractivity contribution in [2.45, 2.75) is 6.54 Å². The normalized spacial score (nSPS) is 10.4. The Balaban J connectivity index is 1.92. The van der Waals surface area contributed by atoms with E-state index < -0.39 is 0 Å². The number of rotatable bonds is 7. The maximum absolute atomic E-state index is 12.0. The van der Waals surface area contributed by atoms with Crippen molar-refractivity contribution < 1.29 is 9.53 Å². The zero-order valence-corrected chi connectivity index (χ0v) is 12.6. The van der Waals surface area contributed by atoms with Gasteiger partial charge in [-0.2, -0.15) is 11.3 Å². The molecule has 0 aliphatic carbocycles. The van der Waals surface area contributed by atoms with Crippen LogP contribution in [-0.2, 0) is 11.3 Å². The molecule has 0 aliphatic heterocycles. The Labute approximate surface area is 125 Å². The van der Waals surface area contributed by atoms with Crippen molar-refractivity contribution in [2.24, 2.45) is 0 Å². The first-order chi connectivity index (χ1) is 9.70. The lowest BCUT2D eigenvalue weighted by molar-refractivity contribution is 0.0955. The molecule has 0 bridgehead atoms. The lowest BCUT2D eigenvalue weighted by Gasteiger charge is -2.01. The monoisotopic (exact) mass is 312 g/mol. The van der Waals surface area contributed by atoms with Crippen molar-refractivity contribution in [3.05, 3.63) is 27.3 Å². The third kappa shape index (κ3) is 3.92. The molecular formula is C12H16N4O2S2. The Morgan fingerprint density at radius 3 is 3.10 bits per heavy atom. The van der Waals surface area contributed by atoms with Gasteiger partial charge in [0.25, 0.3) is 5.91 Å². The molecule has 2 heterocycles. The average Bonchev–Trinajstić information content (AvgIpc) is 3.06. The average molecular weight is 312 g/mol. The van der Waals surface area contributed by atoms with Crippen LogP contribution in [0.3, 0.4) is 0 Å². The summed E-state index contributed by atoms with van der Waals surface area (Å²) in [5, 5.41) is 10.5. The van der Waals surface area contributed by atoms with E-state index in [9.17, 15) is 4.79 Å². The highest BCUT2D eigenvalue weighted by Gasteiger charge is 2.15. The number of hydrogen-bond acceptors (Lipinski definition) is 7. The van der Waals surface area contributed by atoms with Gasteiger partial charge in [-0.15, -0.1) is 0 Å². The number of carbonyl (C=O) groups excluding carboxylic acids is 1. The molecule has 0 atom stereocenters. The van der Waals surface area contributed by atoms with Crippen molar-refractivity contribution in [2.75, 3.05) is 31.3 Å². The van der Waals surface area contributed by atoms with Crippen LogP contribution in [0.25, 0.3) is 0 Å². The Morgan fingerprint density at radius 1 is 1.55 bits per heavy atom. The summed E-state index contributed by atoms with van der Waals surface area (Å²) in [5.41, 5.74) is 6.84. The predicted octanol–water partition coefficient (Wildman–Crippen LogP) is 1.78. The van der Waals surface area contributed by atoms with Crippen molar-refractivity contribution in [1.29, 1.82) is 0 Å². The van der Waals surface area contributed by atoms with Crippen LogP contribution in [0.15, 0.2) is 16.8 Å². The van der Waals surface area contributed by atoms with Crippen LogP contribution in [0.2, 0.25) is 0 Å². The van der Waals surface area contributed by atoms with Crippen molar-refractivity contribution in [3.63, 3.8) is 0 Å². The van der Waals surface area contributed by atoms with Gasteiger partial charge in [-0.3, -0.25) is 4.79 Å². The van der Waals surface area contributed by atoms with Gasteiger partial charge in [0.15, 0.2) is 5.13 Å². The largest absolute Gasteiger partial charge is 0.383 e. The molecule has 6 nitrogen and oxygen atoms in total. The topological polar surface area (TPSA) is 89.3 Å². The standard InChI is InChI=1S/C12H16N4O2S2/c1-18-4-3-14-12-16-10(13)9(20-12)11(17)15-6-8-2-5-19-7-8/h2,5,7H,3-4,6,13H2,1H3,(H,14,16)(H,15,17). The second kappa shape index (κ2) is 7.22. The molecule has 4 N–H and O–H groups in total. The number of carbonyl (C=O) groups is 1. The van der Waals surface area contributed by atoms with Gasteiger partial charge in [-0.05, 0) is 22.4 Å². The highest BCUT2D eigenvalue weighted by molar-refractivity contribution is 7.18. The van der Waals surface area contributed by atoms with E-state index in [4.69, 9.17) is 10.5 Å². The van der Waals surface area contributed by atoms with Crippen LogP contribution in [0.5, 0.6) is 0 Å². The molecule has 0 fully saturated rings. The molecule has 0 saturated heterocycles. The van der Waals surface area contributed by atoms with E-state index in [1.165, 1.54) is 11.3 Å². The second-order valence-corrected chi connectivity index (χ2v) is 5.75. The number of methoxy groups -OCH3 is 1. The SMILES string of the molecule is COCCNc1nc(N)c(C(=O)NCc2ccsc2)s1. The third-order valence-electron chi connectivity index (χ3n) is 2.48. The summed E-state index contributed by atoms with van der Waals surface area (Å²) < 4.78 is 4.93. The Morgan fingerprint density at radius 2 is 2.40 bits per heavy atom. The van der Waals surface area contributed by atoms with Gasteiger partial charge in [0.1, 0.15) is 10.7 Å². The number of nitrogen functional groups attached to an aromatic ring is 1. The van der Waals surface area contributed by atoms with Crippen LogP contribution in [0.4, 0.5) is 10.9 Å². The molecule has 0 spiro atoms. The molecule has 2 aromatic heterocycles. The van der Waals surface area contributed by atoms with E-state index in [0.29, 0.717) is 29.7 Å². The quantitative estimate of drug-likeness (QED) is 0.678. The molecule has 108 valence electrons. The molecule has 1 amide bonds. The fraction of sp³-hybridized carbons (Fsp3) is 0.333. The number of nitrogens with one attached hydrogen (secondary N) is 2. The Kier molecular flexibility index (Phi) is 5.33. The lowest BCUT2D eigenvalue weighted by atomic mass is 10.3. The number of nitrogens with zero attached hydrogens (tertiary/aromatic N) is 1. The number of aromatic nitrogens is 1. The van der Waals surface area contributed by atoms with Crippen LogP contribution in [0, 0.1) is 0 Å². The molecule has 0 aliphatic rings. The molecule has 20 heavy (non-hydrogen) atoms. The van der Waals surface area contributed by atoms with Gasteiger partial charge in [0.2, 0.25) is 0 Å². The van der Waals surface area contributed by atoms with E-state index in [2.05, 4.69) is 15.6 Å². The number of anilines is 2. The second-order valence-electron chi connectivity index (χ2n) is 3.97. The fourth-order valence-corrected chi connectivity index (χ4v) is 2.98. The first kappa shape index (κ1) is 14.8. The van der Waals surface area contributed by atoms with Crippen molar-refractivity contribution >= 4 is 39.5 Å². The summed E-state index contributed by atoms with van der Waals surface area (Å²) in [6, 6.07) is 1.97. The summed E-state index contributed by atoms with van der Waals surface area (Å²) >= 11 is 2.84. The molecule has 0 saturated carbocycles. The number of ether oxygens (including phenoxy) is 1. The molecule has 0 unspecified atom stereocenters. The summed E-state index contributed by atoms with van der Waals surface area (Å²) in [6.07, 6.45) is 0. The predicted molar refractivity (Wildman–Crippen MR) is 82.4 cm³/mol. The highest BCUT2D eigenvalue weighted by Crippen LogP contribution is 2.24. The van der Waals surface area contributed by atoms with Gasteiger partial charge >= 0.3 is 0 Å². The van der Waals surface area contributed by atoms with Gasteiger partial charge in [0, 0.05) is 20.2 Å². The van der Waals surface area contributed by atoms with Crippen molar-refractivity contribution in [1.82, 2.24) is 10.3 Å². The zero-order chi connectivity index (χ0) is 14.4.